The molecular weight excluding hydrogens is 414 g/mol. The summed E-state index contributed by atoms with van der Waals surface area (Å²) in [7, 11) is -3.13. The molecule has 1 aliphatic rings. The summed E-state index contributed by atoms with van der Waals surface area (Å²) in [6.07, 6.45) is -0.284. The van der Waals surface area contributed by atoms with Gasteiger partial charge in [-0.2, -0.15) is 0 Å². The standard InChI is InChI=1S/C24H31NO5S/c1-5-29-22-11-9-20(10-12-22)15-25(21-13-14-31(27,28)16-21)24(26)19(4)30-23-8-6-7-17(2)18(23)3/h6-12,19,21H,5,13-16H2,1-4H3. The van der Waals surface area contributed by atoms with E-state index in [-0.39, 0.29) is 23.5 Å². The molecule has 2 atom stereocenters. The predicted octanol–water partition coefficient (Wildman–Crippen LogP) is 3.69. The Balaban J connectivity index is 1.81. The van der Waals surface area contributed by atoms with Crippen LogP contribution >= 0.6 is 0 Å². The second-order valence-corrected chi connectivity index (χ2v) is 10.3. The molecule has 31 heavy (non-hydrogen) atoms. The van der Waals surface area contributed by atoms with Crippen LogP contribution in [0.5, 0.6) is 11.5 Å². The van der Waals surface area contributed by atoms with Crippen LogP contribution in [0.1, 0.15) is 37.0 Å². The van der Waals surface area contributed by atoms with Crippen molar-refractivity contribution in [2.24, 2.45) is 0 Å². The maximum absolute atomic E-state index is 13.4. The fraction of sp³-hybridized carbons (Fsp3) is 0.458. The summed E-state index contributed by atoms with van der Waals surface area (Å²) >= 11 is 0. The highest BCUT2D eigenvalue weighted by Gasteiger charge is 2.36. The molecule has 2 aromatic carbocycles. The summed E-state index contributed by atoms with van der Waals surface area (Å²) in [6.45, 7) is 8.51. The molecular formula is C24H31NO5S. The molecule has 168 valence electrons. The van der Waals surface area contributed by atoms with Gasteiger partial charge in [-0.3, -0.25) is 4.79 Å². The van der Waals surface area contributed by atoms with E-state index in [1.54, 1.807) is 11.8 Å². The number of hydrogen-bond donors (Lipinski definition) is 0. The first kappa shape index (κ1) is 23.1. The molecule has 2 aromatic rings. The highest BCUT2D eigenvalue weighted by Crippen LogP contribution is 2.25. The Labute approximate surface area is 185 Å². The van der Waals surface area contributed by atoms with Crippen LogP contribution in [0.4, 0.5) is 0 Å². The van der Waals surface area contributed by atoms with Gasteiger partial charge in [-0.05, 0) is 69.0 Å². The number of hydrogen-bond acceptors (Lipinski definition) is 5. The van der Waals surface area contributed by atoms with E-state index in [0.717, 1.165) is 22.4 Å². The van der Waals surface area contributed by atoms with Crippen LogP contribution in [0.15, 0.2) is 42.5 Å². The lowest BCUT2D eigenvalue weighted by Crippen LogP contribution is -2.46. The number of carbonyl (C=O) groups is 1. The minimum Gasteiger partial charge on any atom is -0.494 e. The Morgan fingerprint density at radius 2 is 1.87 bits per heavy atom. The summed E-state index contributed by atoms with van der Waals surface area (Å²) < 4.78 is 35.7. The first-order valence-corrected chi connectivity index (χ1v) is 12.5. The van der Waals surface area contributed by atoms with Crippen molar-refractivity contribution in [2.45, 2.75) is 52.8 Å². The number of rotatable bonds is 8. The molecule has 1 saturated heterocycles. The molecule has 1 amide bonds. The van der Waals surface area contributed by atoms with E-state index < -0.39 is 15.9 Å². The molecule has 3 rings (SSSR count). The zero-order chi connectivity index (χ0) is 22.6. The van der Waals surface area contributed by atoms with Gasteiger partial charge in [0.1, 0.15) is 11.5 Å². The summed E-state index contributed by atoms with van der Waals surface area (Å²) in [5.74, 6) is 1.32. The summed E-state index contributed by atoms with van der Waals surface area (Å²) in [5.41, 5.74) is 2.99. The predicted molar refractivity (Wildman–Crippen MR) is 121 cm³/mol. The average Bonchev–Trinajstić information content (AvgIpc) is 3.10. The Morgan fingerprint density at radius 1 is 1.16 bits per heavy atom. The summed E-state index contributed by atoms with van der Waals surface area (Å²) in [5, 5.41) is 0. The van der Waals surface area contributed by atoms with Crippen molar-refractivity contribution in [3.05, 3.63) is 59.2 Å². The minimum atomic E-state index is -3.13. The number of ether oxygens (including phenoxy) is 2. The molecule has 0 spiro atoms. The lowest BCUT2D eigenvalue weighted by molar-refractivity contribution is -0.140. The number of carbonyl (C=O) groups excluding carboxylic acids is 1. The number of sulfone groups is 1. The smallest absolute Gasteiger partial charge is 0.263 e. The molecule has 7 heteroatoms. The topological polar surface area (TPSA) is 72.9 Å². The Hall–Kier alpha value is -2.54. The molecule has 0 saturated carbocycles. The van der Waals surface area contributed by atoms with Crippen molar-refractivity contribution in [3.8, 4) is 11.5 Å². The lowest BCUT2D eigenvalue weighted by Gasteiger charge is -2.31. The number of aryl methyl sites for hydroxylation is 1. The quantitative estimate of drug-likeness (QED) is 0.620. The van der Waals surface area contributed by atoms with Gasteiger partial charge < -0.3 is 14.4 Å². The second-order valence-electron chi connectivity index (χ2n) is 8.06. The number of nitrogens with zero attached hydrogens (tertiary/aromatic N) is 1. The zero-order valence-electron chi connectivity index (χ0n) is 18.6. The molecule has 2 unspecified atom stereocenters. The SMILES string of the molecule is CCOc1ccc(CN(C(=O)C(C)Oc2cccc(C)c2C)C2CCS(=O)(=O)C2)cc1. The first-order valence-electron chi connectivity index (χ1n) is 10.7. The minimum absolute atomic E-state index is 0.00797. The van der Waals surface area contributed by atoms with Crippen LogP contribution < -0.4 is 9.47 Å². The van der Waals surface area contributed by atoms with E-state index >= 15 is 0 Å². The number of amides is 1. The average molecular weight is 446 g/mol. The molecule has 0 bridgehead atoms. The Bertz CT molecular complexity index is 1020. The third kappa shape index (κ3) is 5.79. The van der Waals surface area contributed by atoms with Crippen LogP contribution in [-0.4, -0.2) is 49.5 Å². The fourth-order valence-electron chi connectivity index (χ4n) is 3.79. The van der Waals surface area contributed by atoms with E-state index in [9.17, 15) is 13.2 Å². The largest absolute Gasteiger partial charge is 0.494 e. The molecule has 0 aliphatic carbocycles. The lowest BCUT2D eigenvalue weighted by atomic mass is 10.1. The highest BCUT2D eigenvalue weighted by atomic mass is 32.2. The molecule has 1 aliphatic heterocycles. The van der Waals surface area contributed by atoms with Crippen LogP contribution in [0.3, 0.4) is 0 Å². The molecule has 6 nitrogen and oxygen atoms in total. The van der Waals surface area contributed by atoms with E-state index in [4.69, 9.17) is 9.47 Å². The van der Waals surface area contributed by atoms with Crippen LogP contribution in [0.2, 0.25) is 0 Å². The maximum atomic E-state index is 13.4. The van der Waals surface area contributed by atoms with Crippen molar-refractivity contribution in [1.29, 1.82) is 0 Å². The monoisotopic (exact) mass is 445 g/mol. The molecule has 1 fully saturated rings. The van der Waals surface area contributed by atoms with Gasteiger partial charge in [0.05, 0.1) is 18.1 Å². The molecule has 0 radical (unpaired) electrons. The van der Waals surface area contributed by atoms with Gasteiger partial charge in [-0.25, -0.2) is 8.42 Å². The highest BCUT2D eigenvalue weighted by molar-refractivity contribution is 7.91. The van der Waals surface area contributed by atoms with Crippen molar-refractivity contribution in [1.82, 2.24) is 4.90 Å². The van der Waals surface area contributed by atoms with E-state index in [2.05, 4.69) is 0 Å². The van der Waals surface area contributed by atoms with Gasteiger partial charge in [0.25, 0.3) is 5.91 Å². The molecule has 0 N–H and O–H groups in total. The Kier molecular flexibility index (Phi) is 7.26. The molecule has 1 heterocycles. The maximum Gasteiger partial charge on any atom is 0.263 e. The van der Waals surface area contributed by atoms with E-state index in [0.29, 0.717) is 25.3 Å². The van der Waals surface area contributed by atoms with Gasteiger partial charge in [-0.15, -0.1) is 0 Å². The normalized spacial score (nSPS) is 18.4. The van der Waals surface area contributed by atoms with Crippen molar-refractivity contribution >= 4 is 15.7 Å². The Morgan fingerprint density at radius 3 is 2.48 bits per heavy atom. The van der Waals surface area contributed by atoms with Crippen molar-refractivity contribution in [2.75, 3.05) is 18.1 Å². The van der Waals surface area contributed by atoms with Crippen LogP contribution in [0, 0.1) is 13.8 Å². The van der Waals surface area contributed by atoms with E-state index in [1.807, 2.05) is 63.2 Å². The molecule has 0 aromatic heterocycles. The first-order chi connectivity index (χ1) is 14.7. The third-order valence-electron chi connectivity index (χ3n) is 5.73. The van der Waals surface area contributed by atoms with Gasteiger partial charge in [0.15, 0.2) is 15.9 Å². The second kappa shape index (κ2) is 9.73. The van der Waals surface area contributed by atoms with Gasteiger partial charge >= 0.3 is 0 Å². The van der Waals surface area contributed by atoms with Gasteiger partial charge in [0, 0.05) is 12.6 Å². The van der Waals surface area contributed by atoms with Gasteiger partial charge in [-0.1, -0.05) is 24.3 Å². The van der Waals surface area contributed by atoms with Crippen molar-refractivity contribution < 1.29 is 22.7 Å². The summed E-state index contributed by atoms with van der Waals surface area (Å²) in [4.78, 5) is 15.1. The van der Waals surface area contributed by atoms with E-state index in [1.165, 1.54) is 0 Å². The van der Waals surface area contributed by atoms with Crippen LogP contribution in [-0.2, 0) is 21.2 Å². The zero-order valence-corrected chi connectivity index (χ0v) is 19.4. The van der Waals surface area contributed by atoms with Gasteiger partial charge in [0.2, 0.25) is 0 Å². The third-order valence-corrected chi connectivity index (χ3v) is 7.48. The number of benzene rings is 2. The fourth-order valence-corrected chi connectivity index (χ4v) is 5.52. The summed E-state index contributed by atoms with van der Waals surface area (Å²) in [6, 6.07) is 12.9. The van der Waals surface area contributed by atoms with Crippen LogP contribution in [0.25, 0.3) is 0 Å². The van der Waals surface area contributed by atoms with Crippen molar-refractivity contribution in [3.63, 3.8) is 0 Å².